The zero-order valence-electron chi connectivity index (χ0n) is 11.3. The summed E-state index contributed by atoms with van der Waals surface area (Å²) >= 11 is 0. The van der Waals surface area contributed by atoms with Crippen LogP contribution in [0.15, 0.2) is 0 Å². The van der Waals surface area contributed by atoms with Crippen LogP contribution in [0.4, 0.5) is 0 Å². The number of hydrogen-bond acceptors (Lipinski definition) is 1. The van der Waals surface area contributed by atoms with Gasteiger partial charge in [0.05, 0.1) is 0 Å². The fourth-order valence-corrected chi connectivity index (χ4v) is 2.57. The van der Waals surface area contributed by atoms with E-state index in [9.17, 15) is 4.79 Å². The number of ketones is 1. The standard InChI is InChI=1S/C15H28O/c1-15(2,3)14(16)12-8-7-11-13-9-5-4-6-10-13/h13H,4-12H2,1-3H3. The van der Waals surface area contributed by atoms with Crippen LogP contribution in [0.25, 0.3) is 0 Å². The topological polar surface area (TPSA) is 17.1 Å². The predicted molar refractivity (Wildman–Crippen MR) is 69.5 cm³/mol. The molecule has 0 bridgehead atoms. The maximum Gasteiger partial charge on any atom is 0.138 e. The first-order valence-electron chi connectivity index (χ1n) is 7.03. The molecule has 1 nitrogen and oxygen atoms in total. The second kappa shape index (κ2) is 6.42. The van der Waals surface area contributed by atoms with E-state index in [0.717, 1.165) is 18.8 Å². The highest BCUT2D eigenvalue weighted by atomic mass is 16.1. The van der Waals surface area contributed by atoms with Gasteiger partial charge in [0.25, 0.3) is 0 Å². The van der Waals surface area contributed by atoms with Gasteiger partial charge in [0, 0.05) is 11.8 Å². The van der Waals surface area contributed by atoms with Gasteiger partial charge >= 0.3 is 0 Å². The van der Waals surface area contributed by atoms with E-state index in [0.29, 0.717) is 5.78 Å². The lowest BCUT2D eigenvalue weighted by molar-refractivity contribution is -0.126. The summed E-state index contributed by atoms with van der Waals surface area (Å²) in [6.07, 6.45) is 11.7. The summed E-state index contributed by atoms with van der Waals surface area (Å²) < 4.78 is 0. The van der Waals surface area contributed by atoms with Gasteiger partial charge in [0.2, 0.25) is 0 Å². The van der Waals surface area contributed by atoms with Gasteiger partial charge in [-0.25, -0.2) is 0 Å². The van der Waals surface area contributed by atoms with E-state index in [-0.39, 0.29) is 5.41 Å². The summed E-state index contributed by atoms with van der Waals surface area (Å²) in [7, 11) is 0. The molecule has 0 radical (unpaired) electrons. The molecule has 1 aliphatic carbocycles. The molecule has 1 saturated carbocycles. The Morgan fingerprint density at radius 3 is 2.25 bits per heavy atom. The number of carbonyl (C=O) groups excluding carboxylic acids is 1. The number of rotatable bonds is 5. The van der Waals surface area contributed by atoms with Crippen molar-refractivity contribution in [3.05, 3.63) is 0 Å². The molecule has 0 aromatic carbocycles. The molecule has 1 aliphatic rings. The largest absolute Gasteiger partial charge is 0.299 e. The second-order valence-electron chi connectivity index (χ2n) is 6.42. The fourth-order valence-electron chi connectivity index (χ4n) is 2.57. The summed E-state index contributed by atoms with van der Waals surface area (Å²) in [5, 5.41) is 0. The highest BCUT2D eigenvalue weighted by Gasteiger charge is 2.20. The van der Waals surface area contributed by atoms with Crippen LogP contribution in [-0.2, 0) is 4.79 Å². The van der Waals surface area contributed by atoms with E-state index < -0.39 is 0 Å². The average molecular weight is 224 g/mol. The molecule has 0 amide bonds. The van der Waals surface area contributed by atoms with Gasteiger partial charge in [-0.2, -0.15) is 0 Å². The molecule has 0 atom stereocenters. The lowest BCUT2D eigenvalue weighted by Gasteiger charge is -2.21. The molecule has 0 spiro atoms. The monoisotopic (exact) mass is 224 g/mol. The Hall–Kier alpha value is -0.330. The van der Waals surface area contributed by atoms with Gasteiger partial charge in [-0.3, -0.25) is 4.79 Å². The van der Waals surface area contributed by atoms with Crippen LogP contribution in [0.3, 0.4) is 0 Å². The summed E-state index contributed by atoms with van der Waals surface area (Å²) in [6, 6.07) is 0. The Bertz CT molecular complexity index is 206. The van der Waals surface area contributed by atoms with Crippen molar-refractivity contribution in [1.29, 1.82) is 0 Å². The fraction of sp³-hybridized carbons (Fsp3) is 0.933. The Balaban J connectivity index is 2.05. The molecule has 1 fully saturated rings. The number of unbranched alkanes of at least 4 members (excludes halogenated alkanes) is 1. The van der Waals surface area contributed by atoms with E-state index in [2.05, 4.69) is 0 Å². The zero-order valence-corrected chi connectivity index (χ0v) is 11.3. The molecular formula is C15H28O. The molecule has 0 aliphatic heterocycles. The molecule has 0 N–H and O–H groups in total. The molecular weight excluding hydrogens is 196 g/mol. The zero-order chi connectivity index (χ0) is 12.0. The van der Waals surface area contributed by atoms with Crippen molar-refractivity contribution in [2.45, 2.75) is 78.6 Å². The van der Waals surface area contributed by atoms with E-state index in [1.807, 2.05) is 20.8 Å². The molecule has 0 saturated heterocycles. The number of carbonyl (C=O) groups is 1. The van der Waals surface area contributed by atoms with Crippen LogP contribution in [0.5, 0.6) is 0 Å². The van der Waals surface area contributed by atoms with Crippen LogP contribution < -0.4 is 0 Å². The lowest BCUT2D eigenvalue weighted by atomic mass is 9.84. The maximum atomic E-state index is 11.7. The average Bonchev–Trinajstić information content (AvgIpc) is 2.24. The first-order chi connectivity index (χ1) is 7.50. The molecule has 0 aromatic rings. The quantitative estimate of drug-likeness (QED) is 0.616. The molecule has 0 unspecified atom stereocenters. The molecule has 16 heavy (non-hydrogen) atoms. The summed E-state index contributed by atoms with van der Waals surface area (Å²) in [5.41, 5.74) is -0.134. The first-order valence-corrected chi connectivity index (χ1v) is 7.03. The van der Waals surface area contributed by atoms with Crippen LogP contribution in [0.1, 0.15) is 78.6 Å². The van der Waals surface area contributed by atoms with Crippen molar-refractivity contribution >= 4 is 5.78 Å². The predicted octanol–water partition coefficient (Wildman–Crippen LogP) is 4.74. The van der Waals surface area contributed by atoms with Crippen LogP contribution in [-0.4, -0.2) is 5.78 Å². The lowest BCUT2D eigenvalue weighted by Crippen LogP contribution is -2.19. The Labute approximate surface area is 101 Å². The highest BCUT2D eigenvalue weighted by Crippen LogP contribution is 2.28. The van der Waals surface area contributed by atoms with Crippen molar-refractivity contribution in [1.82, 2.24) is 0 Å². The van der Waals surface area contributed by atoms with Crippen LogP contribution >= 0.6 is 0 Å². The third kappa shape index (κ3) is 5.14. The molecule has 1 rings (SSSR count). The molecule has 0 aromatic heterocycles. The van der Waals surface area contributed by atoms with Crippen molar-refractivity contribution in [3.8, 4) is 0 Å². The van der Waals surface area contributed by atoms with Crippen LogP contribution in [0.2, 0.25) is 0 Å². The summed E-state index contributed by atoms with van der Waals surface area (Å²) in [6.45, 7) is 6.07. The number of Topliss-reactive ketones (excluding diaryl/α,β-unsaturated/α-hetero) is 1. The maximum absolute atomic E-state index is 11.7. The van der Waals surface area contributed by atoms with E-state index in [1.54, 1.807) is 0 Å². The smallest absolute Gasteiger partial charge is 0.138 e. The van der Waals surface area contributed by atoms with Gasteiger partial charge in [0.15, 0.2) is 0 Å². The second-order valence-corrected chi connectivity index (χ2v) is 6.42. The van der Waals surface area contributed by atoms with Crippen LogP contribution in [0, 0.1) is 11.3 Å². The SMILES string of the molecule is CC(C)(C)C(=O)CCCCC1CCCCC1. The minimum atomic E-state index is -0.134. The van der Waals surface area contributed by atoms with Gasteiger partial charge < -0.3 is 0 Å². The minimum absolute atomic E-state index is 0.134. The third-order valence-electron chi connectivity index (χ3n) is 3.83. The Morgan fingerprint density at radius 1 is 1.06 bits per heavy atom. The van der Waals surface area contributed by atoms with E-state index >= 15 is 0 Å². The first kappa shape index (κ1) is 13.7. The van der Waals surface area contributed by atoms with E-state index in [4.69, 9.17) is 0 Å². The van der Waals surface area contributed by atoms with Crippen molar-refractivity contribution < 1.29 is 4.79 Å². The van der Waals surface area contributed by atoms with Crippen molar-refractivity contribution in [3.63, 3.8) is 0 Å². The van der Waals surface area contributed by atoms with Crippen molar-refractivity contribution in [2.24, 2.45) is 11.3 Å². The van der Waals surface area contributed by atoms with Crippen molar-refractivity contribution in [2.75, 3.05) is 0 Å². The highest BCUT2D eigenvalue weighted by molar-refractivity contribution is 5.83. The van der Waals surface area contributed by atoms with Gasteiger partial charge in [0.1, 0.15) is 5.78 Å². The Morgan fingerprint density at radius 2 is 1.69 bits per heavy atom. The summed E-state index contributed by atoms with van der Waals surface area (Å²) in [5.74, 6) is 1.40. The molecule has 94 valence electrons. The van der Waals surface area contributed by atoms with Gasteiger partial charge in [-0.15, -0.1) is 0 Å². The molecule has 0 heterocycles. The van der Waals surface area contributed by atoms with E-state index in [1.165, 1.54) is 44.9 Å². The third-order valence-corrected chi connectivity index (χ3v) is 3.83. The number of hydrogen-bond donors (Lipinski definition) is 0. The Kier molecular flexibility index (Phi) is 5.51. The summed E-state index contributed by atoms with van der Waals surface area (Å²) in [4.78, 5) is 11.7. The van der Waals surface area contributed by atoms with Gasteiger partial charge in [-0.1, -0.05) is 65.7 Å². The molecule has 1 heteroatoms. The minimum Gasteiger partial charge on any atom is -0.299 e. The van der Waals surface area contributed by atoms with Gasteiger partial charge in [-0.05, 0) is 12.3 Å². The normalized spacial score (nSPS) is 18.7.